The Kier molecular flexibility index (Phi) is 4.53. The Morgan fingerprint density at radius 2 is 2.26 bits per heavy atom. The highest BCUT2D eigenvalue weighted by Crippen LogP contribution is 2.27. The Bertz CT molecular complexity index is 415. The molecule has 0 saturated heterocycles. The Labute approximate surface area is 114 Å². The number of nitrogens with zero attached hydrogens (tertiary/aromatic N) is 1. The van der Waals surface area contributed by atoms with E-state index in [-0.39, 0.29) is 5.97 Å². The van der Waals surface area contributed by atoms with Gasteiger partial charge in [0.1, 0.15) is 5.54 Å². The van der Waals surface area contributed by atoms with Gasteiger partial charge in [-0.15, -0.1) is 0 Å². The number of nitrogens with one attached hydrogen (secondary N) is 1. The van der Waals surface area contributed by atoms with Crippen molar-refractivity contribution in [3.63, 3.8) is 0 Å². The molecule has 0 radical (unpaired) electrons. The number of carbonyl (C=O) groups excluding carboxylic acids is 1. The molecule has 4 nitrogen and oxygen atoms in total. The number of hydrogen-bond acceptors (Lipinski definition) is 4. The van der Waals surface area contributed by atoms with Crippen LogP contribution in [0.25, 0.3) is 0 Å². The van der Waals surface area contributed by atoms with Gasteiger partial charge in [0.05, 0.1) is 6.61 Å². The molecule has 1 aliphatic carbocycles. The second-order valence-corrected chi connectivity index (χ2v) is 5.21. The number of rotatable bonds is 5. The van der Waals surface area contributed by atoms with Crippen molar-refractivity contribution in [3.05, 3.63) is 30.1 Å². The lowest BCUT2D eigenvalue weighted by Crippen LogP contribution is -2.51. The maximum atomic E-state index is 12.3. The van der Waals surface area contributed by atoms with E-state index in [0.29, 0.717) is 12.6 Å². The molecule has 1 heterocycles. The normalized spacial score (nSPS) is 19.1. The third-order valence-corrected chi connectivity index (χ3v) is 3.77. The van der Waals surface area contributed by atoms with E-state index in [2.05, 4.69) is 10.3 Å². The number of hydrogen-bond donors (Lipinski definition) is 1. The van der Waals surface area contributed by atoms with Crippen molar-refractivity contribution in [2.24, 2.45) is 0 Å². The van der Waals surface area contributed by atoms with Crippen LogP contribution in [-0.2, 0) is 15.1 Å². The molecule has 1 unspecified atom stereocenters. The summed E-state index contributed by atoms with van der Waals surface area (Å²) in [6, 6.07) is 4.16. The van der Waals surface area contributed by atoms with E-state index in [0.717, 1.165) is 18.4 Å². The minimum absolute atomic E-state index is 0.227. The van der Waals surface area contributed by atoms with Crippen LogP contribution >= 0.6 is 0 Å². The van der Waals surface area contributed by atoms with Crippen molar-refractivity contribution in [1.29, 1.82) is 0 Å². The Balaban J connectivity index is 2.23. The fourth-order valence-electron chi connectivity index (χ4n) is 2.67. The van der Waals surface area contributed by atoms with Gasteiger partial charge in [0, 0.05) is 24.0 Å². The molecule has 0 bridgehead atoms. The lowest BCUT2D eigenvalue weighted by atomic mass is 9.92. The van der Waals surface area contributed by atoms with Gasteiger partial charge in [-0.1, -0.05) is 18.9 Å². The quantitative estimate of drug-likeness (QED) is 0.828. The highest BCUT2D eigenvalue weighted by Gasteiger charge is 2.39. The number of pyridine rings is 1. The largest absolute Gasteiger partial charge is 0.464 e. The molecule has 1 N–H and O–H groups in total. The van der Waals surface area contributed by atoms with Crippen molar-refractivity contribution in [2.75, 3.05) is 6.61 Å². The van der Waals surface area contributed by atoms with E-state index < -0.39 is 5.54 Å². The first-order valence-corrected chi connectivity index (χ1v) is 7.02. The van der Waals surface area contributed by atoms with Gasteiger partial charge in [0.2, 0.25) is 0 Å². The molecule has 1 atom stereocenters. The molecule has 1 aromatic rings. The number of aromatic nitrogens is 1. The summed E-state index contributed by atoms with van der Waals surface area (Å²) in [7, 11) is 0. The lowest BCUT2D eigenvalue weighted by molar-refractivity contribution is -0.151. The molecule has 104 valence electrons. The van der Waals surface area contributed by atoms with Gasteiger partial charge in [0.25, 0.3) is 0 Å². The molecule has 1 aromatic heterocycles. The Morgan fingerprint density at radius 3 is 2.84 bits per heavy atom. The van der Waals surface area contributed by atoms with Crippen molar-refractivity contribution in [2.45, 2.75) is 51.1 Å². The zero-order chi connectivity index (χ0) is 13.7. The van der Waals surface area contributed by atoms with Crippen molar-refractivity contribution in [3.8, 4) is 0 Å². The SMILES string of the molecule is CCOC(=O)C(C)(NC1CCCC1)c1cccnc1. The van der Waals surface area contributed by atoms with Crippen molar-refractivity contribution in [1.82, 2.24) is 10.3 Å². The van der Waals surface area contributed by atoms with Gasteiger partial charge in [-0.25, -0.2) is 4.79 Å². The van der Waals surface area contributed by atoms with Gasteiger partial charge < -0.3 is 4.74 Å². The van der Waals surface area contributed by atoms with E-state index in [9.17, 15) is 4.79 Å². The maximum absolute atomic E-state index is 12.3. The minimum Gasteiger partial charge on any atom is -0.464 e. The molecule has 4 heteroatoms. The van der Waals surface area contributed by atoms with Gasteiger partial charge in [-0.2, -0.15) is 0 Å². The average molecular weight is 262 g/mol. The van der Waals surface area contributed by atoms with Crippen LogP contribution in [0.4, 0.5) is 0 Å². The zero-order valence-electron chi connectivity index (χ0n) is 11.7. The number of ether oxygens (including phenoxy) is 1. The van der Waals surface area contributed by atoms with Gasteiger partial charge >= 0.3 is 5.97 Å². The summed E-state index contributed by atoms with van der Waals surface area (Å²) in [6.45, 7) is 4.11. The Morgan fingerprint density at radius 1 is 1.53 bits per heavy atom. The molecule has 1 saturated carbocycles. The Hall–Kier alpha value is -1.42. The average Bonchev–Trinajstić information content (AvgIpc) is 2.92. The third-order valence-electron chi connectivity index (χ3n) is 3.77. The second kappa shape index (κ2) is 6.15. The van der Waals surface area contributed by atoms with Crippen LogP contribution in [0, 0.1) is 0 Å². The van der Waals surface area contributed by atoms with Gasteiger partial charge in [-0.05, 0) is 32.8 Å². The molecule has 1 fully saturated rings. The van der Waals surface area contributed by atoms with E-state index in [1.54, 1.807) is 12.4 Å². The predicted octanol–water partition coefficient (Wildman–Crippen LogP) is 2.39. The highest BCUT2D eigenvalue weighted by atomic mass is 16.5. The summed E-state index contributed by atoms with van der Waals surface area (Å²) in [5.74, 6) is -0.227. The fourth-order valence-corrected chi connectivity index (χ4v) is 2.67. The topological polar surface area (TPSA) is 51.2 Å². The first-order chi connectivity index (χ1) is 9.16. The maximum Gasteiger partial charge on any atom is 0.330 e. The molecule has 0 aliphatic heterocycles. The molecule has 0 spiro atoms. The summed E-state index contributed by atoms with van der Waals surface area (Å²) in [5.41, 5.74) is 0.0552. The van der Waals surface area contributed by atoms with Gasteiger partial charge in [0.15, 0.2) is 0 Å². The first-order valence-electron chi connectivity index (χ1n) is 7.02. The molecule has 2 rings (SSSR count). The second-order valence-electron chi connectivity index (χ2n) is 5.21. The van der Waals surface area contributed by atoms with Crippen LogP contribution in [0.2, 0.25) is 0 Å². The van der Waals surface area contributed by atoms with Crippen molar-refractivity contribution < 1.29 is 9.53 Å². The fraction of sp³-hybridized carbons (Fsp3) is 0.600. The molecule has 19 heavy (non-hydrogen) atoms. The summed E-state index contributed by atoms with van der Waals surface area (Å²) < 4.78 is 5.24. The molecular formula is C15H22N2O2. The van der Waals surface area contributed by atoms with Crippen LogP contribution in [0.1, 0.15) is 45.1 Å². The first kappa shape index (κ1) is 14.0. The summed E-state index contributed by atoms with van der Waals surface area (Å²) in [4.78, 5) is 16.5. The minimum atomic E-state index is -0.806. The van der Waals surface area contributed by atoms with Crippen LogP contribution in [0.15, 0.2) is 24.5 Å². The zero-order valence-corrected chi connectivity index (χ0v) is 11.7. The van der Waals surface area contributed by atoms with Gasteiger partial charge in [-0.3, -0.25) is 10.3 Å². The van der Waals surface area contributed by atoms with Crippen LogP contribution in [0.3, 0.4) is 0 Å². The molecule has 1 aliphatic rings. The van der Waals surface area contributed by atoms with Crippen LogP contribution in [0.5, 0.6) is 0 Å². The van der Waals surface area contributed by atoms with E-state index >= 15 is 0 Å². The molecule has 0 aromatic carbocycles. The van der Waals surface area contributed by atoms with E-state index in [1.807, 2.05) is 26.0 Å². The monoisotopic (exact) mass is 262 g/mol. The van der Waals surface area contributed by atoms with Crippen LogP contribution in [-0.4, -0.2) is 23.6 Å². The summed E-state index contributed by atoms with van der Waals surface area (Å²) in [6.07, 6.45) is 8.14. The lowest BCUT2D eigenvalue weighted by Gasteiger charge is -2.31. The van der Waals surface area contributed by atoms with E-state index in [1.165, 1.54) is 12.8 Å². The standard InChI is InChI=1S/C15H22N2O2/c1-3-19-14(18)15(2,12-7-6-10-16-11-12)17-13-8-4-5-9-13/h6-7,10-11,13,17H,3-5,8-9H2,1-2H3. The summed E-state index contributed by atoms with van der Waals surface area (Å²) >= 11 is 0. The predicted molar refractivity (Wildman–Crippen MR) is 73.6 cm³/mol. The highest BCUT2D eigenvalue weighted by molar-refractivity contribution is 5.82. The smallest absolute Gasteiger partial charge is 0.330 e. The molecule has 0 amide bonds. The number of carbonyl (C=O) groups is 1. The molecular weight excluding hydrogens is 240 g/mol. The van der Waals surface area contributed by atoms with E-state index in [4.69, 9.17) is 4.74 Å². The number of esters is 1. The third kappa shape index (κ3) is 3.13. The van der Waals surface area contributed by atoms with Crippen molar-refractivity contribution >= 4 is 5.97 Å². The summed E-state index contributed by atoms with van der Waals surface area (Å²) in [5, 5.41) is 3.48. The van der Waals surface area contributed by atoms with Crippen LogP contribution < -0.4 is 5.32 Å².